The fourth-order valence-electron chi connectivity index (χ4n) is 2.44. The first-order valence-corrected chi connectivity index (χ1v) is 8.43. The Morgan fingerprint density at radius 1 is 1.19 bits per heavy atom. The van der Waals surface area contributed by atoms with Crippen molar-refractivity contribution in [2.24, 2.45) is 0 Å². The fraction of sp³-hybridized carbons (Fsp3) is 0.300. The number of furan rings is 1. The lowest BCUT2D eigenvalue weighted by Crippen LogP contribution is -2.09. The SMILES string of the molecule is Cc1ccc(C)c(OCc2ccc(-c3nc(C#N)c(NC(C)C)o3)o2)c1. The maximum atomic E-state index is 9.19. The van der Waals surface area contributed by atoms with Crippen LogP contribution in [0.2, 0.25) is 0 Å². The van der Waals surface area contributed by atoms with Gasteiger partial charge in [-0.2, -0.15) is 10.2 Å². The summed E-state index contributed by atoms with van der Waals surface area (Å²) in [7, 11) is 0. The minimum Gasteiger partial charge on any atom is -0.485 e. The van der Waals surface area contributed by atoms with Gasteiger partial charge < -0.3 is 18.9 Å². The summed E-state index contributed by atoms with van der Waals surface area (Å²) < 4.78 is 17.2. The van der Waals surface area contributed by atoms with Crippen LogP contribution in [-0.4, -0.2) is 11.0 Å². The third kappa shape index (κ3) is 3.89. The lowest BCUT2D eigenvalue weighted by Gasteiger charge is -2.08. The number of aryl methyl sites for hydroxylation is 2. The van der Waals surface area contributed by atoms with Gasteiger partial charge in [-0.3, -0.25) is 0 Å². The van der Waals surface area contributed by atoms with Crippen molar-refractivity contribution in [3.05, 3.63) is 52.9 Å². The molecule has 0 saturated carbocycles. The fourth-order valence-corrected chi connectivity index (χ4v) is 2.44. The molecule has 2 aromatic heterocycles. The Balaban J connectivity index is 1.75. The molecule has 3 aromatic rings. The Morgan fingerprint density at radius 3 is 2.73 bits per heavy atom. The van der Waals surface area contributed by atoms with E-state index in [0.29, 0.717) is 24.0 Å². The third-order valence-electron chi connectivity index (χ3n) is 3.74. The van der Waals surface area contributed by atoms with E-state index < -0.39 is 0 Å². The minimum absolute atomic E-state index is 0.126. The highest BCUT2D eigenvalue weighted by atomic mass is 16.5. The van der Waals surface area contributed by atoms with Crippen LogP contribution in [-0.2, 0) is 6.61 Å². The molecule has 1 aromatic carbocycles. The summed E-state index contributed by atoms with van der Waals surface area (Å²) in [4.78, 5) is 4.18. The van der Waals surface area contributed by atoms with Gasteiger partial charge in [0.2, 0.25) is 11.6 Å². The molecular formula is C20H21N3O3. The molecule has 1 N–H and O–H groups in total. The van der Waals surface area contributed by atoms with Gasteiger partial charge in [0, 0.05) is 6.04 Å². The van der Waals surface area contributed by atoms with Gasteiger partial charge in [0.15, 0.2) is 5.76 Å². The van der Waals surface area contributed by atoms with Crippen LogP contribution in [0, 0.1) is 25.2 Å². The molecule has 2 heterocycles. The van der Waals surface area contributed by atoms with Gasteiger partial charge in [0.05, 0.1) is 0 Å². The van der Waals surface area contributed by atoms with Crippen LogP contribution in [0.1, 0.15) is 36.4 Å². The number of anilines is 1. The lowest BCUT2D eigenvalue weighted by molar-refractivity contribution is 0.269. The lowest BCUT2D eigenvalue weighted by atomic mass is 10.1. The number of nitrogens with one attached hydrogen (secondary N) is 1. The Morgan fingerprint density at radius 2 is 2.00 bits per heavy atom. The number of rotatable bonds is 6. The van der Waals surface area contributed by atoms with E-state index >= 15 is 0 Å². The van der Waals surface area contributed by atoms with Crippen LogP contribution in [0.3, 0.4) is 0 Å². The number of nitrogens with zero attached hydrogens (tertiary/aromatic N) is 2. The van der Waals surface area contributed by atoms with Crippen LogP contribution in [0.4, 0.5) is 5.88 Å². The van der Waals surface area contributed by atoms with Crippen molar-refractivity contribution in [3.8, 4) is 23.5 Å². The molecule has 0 unspecified atom stereocenters. The van der Waals surface area contributed by atoms with Crippen LogP contribution < -0.4 is 10.1 Å². The summed E-state index contributed by atoms with van der Waals surface area (Å²) in [6.07, 6.45) is 0. The Bertz CT molecular complexity index is 948. The second-order valence-electron chi connectivity index (χ2n) is 6.43. The van der Waals surface area contributed by atoms with Gasteiger partial charge >= 0.3 is 0 Å². The van der Waals surface area contributed by atoms with E-state index in [4.69, 9.17) is 13.6 Å². The average Bonchev–Trinajstić information content (AvgIpc) is 3.21. The topological polar surface area (TPSA) is 84.2 Å². The summed E-state index contributed by atoms with van der Waals surface area (Å²) in [5.41, 5.74) is 2.41. The number of aromatic nitrogens is 1. The molecule has 0 saturated heterocycles. The summed E-state index contributed by atoms with van der Waals surface area (Å²) >= 11 is 0. The monoisotopic (exact) mass is 351 g/mol. The molecule has 6 nitrogen and oxygen atoms in total. The molecule has 0 radical (unpaired) electrons. The van der Waals surface area contributed by atoms with E-state index in [1.165, 1.54) is 0 Å². The smallest absolute Gasteiger partial charge is 0.266 e. The quantitative estimate of drug-likeness (QED) is 0.685. The predicted octanol–water partition coefficient (Wildman–Crippen LogP) is 4.82. The van der Waals surface area contributed by atoms with E-state index in [2.05, 4.69) is 10.3 Å². The molecule has 0 aliphatic heterocycles. The number of ether oxygens (including phenoxy) is 1. The number of hydrogen-bond acceptors (Lipinski definition) is 6. The normalized spacial score (nSPS) is 10.8. The average molecular weight is 351 g/mol. The second kappa shape index (κ2) is 7.36. The van der Waals surface area contributed by atoms with Gasteiger partial charge in [-0.25, -0.2) is 0 Å². The van der Waals surface area contributed by atoms with E-state index in [1.54, 1.807) is 6.07 Å². The molecule has 0 aliphatic rings. The Hall–Kier alpha value is -3.20. The number of hydrogen-bond donors (Lipinski definition) is 1. The molecule has 0 aliphatic carbocycles. The third-order valence-corrected chi connectivity index (χ3v) is 3.74. The largest absolute Gasteiger partial charge is 0.485 e. The maximum Gasteiger partial charge on any atom is 0.266 e. The van der Waals surface area contributed by atoms with Crippen molar-refractivity contribution in [1.82, 2.24) is 4.98 Å². The number of oxazole rings is 1. The summed E-state index contributed by atoms with van der Waals surface area (Å²) in [5.74, 6) is 2.55. The predicted molar refractivity (Wildman–Crippen MR) is 97.9 cm³/mol. The first-order valence-electron chi connectivity index (χ1n) is 8.43. The van der Waals surface area contributed by atoms with Gasteiger partial charge in [-0.1, -0.05) is 12.1 Å². The van der Waals surface area contributed by atoms with Gasteiger partial charge in [0.1, 0.15) is 24.2 Å². The molecule has 0 spiro atoms. The molecule has 0 bridgehead atoms. The van der Waals surface area contributed by atoms with Gasteiger partial charge in [-0.05, 0) is 57.0 Å². The molecule has 0 fully saturated rings. The number of benzene rings is 1. The minimum atomic E-state index is 0.126. The maximum absolute atomic E-state index is 9.19. The van der Waals surface area contributed by atoms with E-state index in [1.807, 2.05) is 58.0 Å². The zero-order valence-corrected chi connectivity index (χ0v) is 15.3. The highest BCUT2D eigenvalue weighted by Crippen LogP contribution is 2.28. The summed E-state index contributed by atoms with van der Waals surface area (Å²) in [5, 5.41) is 12.3. The summed E-state index contributed by atoms with van der Waals surface area (Å²) in [6.45, 7) is 8.24. The zero-order valence-electron chi connectivity index (χ0n) is 15.3. The Kier molecular flexibility index (Phi) is 4.99. The van der Waals surface area contributed by atoms with Crippen LogP contribution in [0.15, 0.2) is 39.2 Å². The van der Waals surface area contributed by atoms with Crippen molar-refractivity contribution in [2.45, 2.75) is 40.3 Å². The summed E-state index contributed by atoms with van der Waals surface area (Å²) in [6, 6.07) is 11.8. The van der Waals surface area contributed by atoms with Crippen LogP contribution in [0.5, 0.6) is 5.75 Å². The highest BCUT2D eigenvalue weighted by Gasteiger charge is 2.18. The van der Waals surface area contributed by atoms with Gasteiger partial charge in [-0.15, -0.1) is 0 Å². The van der Waals surface area contributed by atoms with Crippen molar-refractivity contribution < 1.29 is 13.6 Å². The van der Waals surface area contributed by atoms with E-state index in [-0.39, 0.29) is 17.6 Å². The Labute approximate surface area is 152 Å². The van der Waals surface area contributed by atoms with Crippen molar-refractivity contribution in [3.63, 3.8) is 0 Å². The molecule has 3 rings (SSSR count). The molecule has 0 amide bonds. The first-order chi connectivity index (χ1) is 12.5. The molecular weight excluding hydrogens is 330 g/mol. The highest BCUT2D eigenvalue weighted by molar-refractivity contribution is 5.54. The van der Waals surface area contributed by atoms with Crippen LogP contribution >= 0.6 is 0 Å². The van der Waals surface area contributed by atoms with Crippen molar-refractivity contribution in [1.29, 1.82) is 5.26 Å². The van der Waals surface area contributed by atoms with Crippen LogP contribution in [0.25, 0.3) is 11.7 Å². The molecule has 134 valence electrons. The van der Waals surface area contributed by atoms with E-state index in [0.717, 1.165) is 16.9 Å². The van der Waals surface area contributed by atoms with E-state index in [9.17, 15) is 5.26 Å². The van der Waals surface area contributed by atoms with Crippen molar-refractivity contribution in [2.75, 3.05) is 5.32 Å². The van der Waals surface area contributed by atoms with Gasteiger partial charge in [0.25, 0.3) is 5.89 Å². The van der Waals surface area contributed by atoms with Crippen molar-refractivity contribution >= 4 is 5.88 Å². The standard InChI is InChI=1S/C20H21N3O3/c1-12(2)22-19-16(10-21)23-20(26-19)17-8-7-15(25-17)11-24-18-9-13(3)5-6-14(18)4/h5-9,12,22H,11H2,1-4H3. The molecule has 6 heteroatoms. The second-order valence-corrected chi connectivity index (χ2v) is 6.43. The number of nitriles is 1. The first kappa shape index (κ1) is 17.6. The zero-order chi connectivity index (χ0) is 18.7. The molecule has 0 atom stereocenters. The molecule has 26 heavy (non-hydrogen) atoms.